The number of hydrogen-bond acceptors (Lipinski definition) is 5. The summed E-state index contributed by atoms with van der Waals surface area (Å²) in [4.78, 5) is 4.22. The van der Waals surface area contributed by atoms with E-state index >= 15 is 0 Å². The Morgan fingerprint density at radius 3 is 2.81 bits per heavy atom. The number of rotatable bonds is 6. The van der Waals surface area contributed by atoms with Gasteiger partial charge in [-0.25, -0.2) is 4.98 Å². The molecular formula is C15H18N4O2. The molecule has 6 nitrogen and oxygen atoms in total. The summed E-state index contributed by atoms with van der Waals surface area (Å²) in [7, 11) is 0. The molecule has 0 bridgehead atoms. The topological polar surface area (TPSA) is 79.9 Å². The van der Waals surface area contributed by atoms with Crippen molar-refractivity contribution in [2.75, 3.05) is 0 Å². The molecule has 0 amide bonds. The zero-order valence-corrected chi connectivity index (χ0v) is 12.1. The molecule has 0 aromatic carbocycles. The molecule has 0 saturated carbocycles. The first-order valence-electron chi connectivity index (χ1n) is 6.99. The number of hydrogen-bond donors (Lipinski definition) is 2. The number of furan rings is 1. The molecule has 110 valence electrons. The van der Waals surface area contributed by atoms with Crippen molar-refractivity contribution in [3.8, 4) is 11.5 Å². The fourth-order valence-electron chi connectivity index (χ4n) is 2.12. The lowest BCUT2D eigenvalue weighted by Crippen LogP contribution is -2.13. The van der Waals surface area contributed by atoms with E-state index in [9.17, 15) is 0 Å². The Balaban J connectivity index is 1.62. The van der Waals surface area contributed by atoms with Gasteiger partial charge in [0.1, 0.15) is 17.2 Å². The zero-order valence-electron chi connectivity index (χ0n) is 12.1. The first-order valence-corrected chi connectivity index (χ1v) is 6.99. The summed E-state index contributed by atoms with van der Waals surface area (Å²) >= 11 is 0. The van der Waals surface area contributed by atoms with Crippen molar-refractivity contribution in [2.24, 2.45) is 0 Å². The van der Waals surface area contributed by atoms with Crippen LogP contribution in [0.1, 0.15) is 29.9 Å². The van der Waals surface area contributed by atoms with Gasteiger partial charge in [0.05, 0.1) is 18.9 Å². The van der Waals surface area contributed by atoms with E-state index in [1.807, 2.05) is 26.0 Å². The molecule has 0 radical (unpaired) electrons. The highest BCUT2D eigenvalue weighted by atomic mass is 16.4. The molecule has 21 heavy (non-hydrogen) atoms. The number of aryl methyl sites for hydroxylation is 2. The number of aromatic nitrogens is 3. The highest BCUT2D eigenvalue weighted by Gasteiger charge is 2.11. The Labute approximate surface area is 122 Å². The molecule has 3 heterocycles. The molecule has 0 atom stereocenters. The maximum atomic E-state index is 5.62. The molecule has 0 saturated heterocycles. The van der Waals surface area contributed by atoms with Gasteiger partial charge in [-0.05, 0) is 19.1 Å². The predicted molar refractivity (Wildman–Crippen MR) is 77.5 cm³/mol. The van der Waals surface area contributed by atoms with Crippen LogP contribution in [0.5, 0.6) is 0 Å². The van der Waals surface area contributed by atoms with Crippen molar-refractivity contribution >= 4 is 0 Å². The standard InChI is InChI=1S/C15H18N4O2/c1-3-12-8-17-14(21-12)9-16-6-11-7-18-19-15(11)13-5-4-10(2)20-13/h4-5,7-8,16H,3,6,9H2,1-2H3,(H,18,19). The zero-order chi connectivity index (χ0) is 14.7. The predicted octanol–water partition coefficient (Wildman–Crippen LogP) is 2.82. The third kappa shape index (κ3) is 3.05. The number of nitrogens with one attached hydrogen (secondary N) is 2. The second-order valence-electron chi connectivity index (χ2n) is 4.86. The van der Waals surface area contributed by atoms with Crippen LogP contribution in [-0.2, 0) is 19.5 Å². The molecule has 0 aliphatic rings. The highest BCUT2D eigenvalue weighted by Crippen LogP contribution is 2.23. The van der Waals surface area contributed by atoms with Gasteiger partial charge in [-0.2, -0.15) is 5.10 Å². The van der Waals surface area contributed by atoms with Gasteiger partial charge in [0.15, 0.2) is 5.76 Å². The average molecular weight is 286 g/mol. The van der Waals surface area contributed by atoms with Crippen LogP contribution in [0.4, 0.5) is 0 Å². The summed E-state index contributed by atoms with van der Waals surface area (Å²) in [6, 6.07) is 3.88. The molecule has 0 fully saturated rings. The van der Waals surface area contributed by atoms with E-state index in [4.69, 9.17) is 8.83 Å². The third-order valence-electron chi connectivity index (χ3n) is 3.25. The summed E-state index contributed by atoms with van der Waals surface area (Å²) in [5.74, 6) is 3.28. The van der Waals surface area contributed by atoms with Crippen LogP contribution >= 0.6 is 0 Å². The first-order chi connectivity index (χ1) is 10.3. The summed E-state index contributed by atoms with van der Waals surface area (Å²) in [5.41, 5.74) is 1.95. The summed E-state index contributed by atoms with van der Waals surface area (Å²) < 4.78 is 11.2. The molecule has 0 aliphatic carbocycles. The van der Waals surface area contributed by atoms with E-state index < -0.39 is 0 Å². The van der Waals surface area contributed by atoms with Crippen molar-refractivity contribution in [3.05, 3.63) is 47.5 Å². The molecule has 0 unspecified atom stereocenters. The van der Waals surface area contributed by atoms with Crippen LogP contribution < -0.4 is 5.32 Å². The molecular weight excluding hydrogens is 268 g/mol. The second-order valence-corrected chi connectivity index (χ2v) is 4.86. The number of aromatic amines is 1. The Bertz CT molecular complexity index is 711. The van der Waals surface area contributed by atoms with E-state index in [0.29, 0.717) is 19.0 Å². The van der Waals surface area contributed by atoms with Gasteiger partial charge in [-0.15, -0.1) is 0 Å². The van der Waals surface area contributed by atoms with Gasteiger partial charge in [0, 0.05) is 18.5 Å². The van der Waals surface area contributed by atoms with E-state index in [-0.39, 0.29) is 0 Å². The lowest BCUT2D eigenvalue weighted by Gasteiger charge is -2.02. The SMILES string of the molecule is CCc1cnc(CNCc2cn[nH]c2-c2ccc(C)o2)o1. The lowest BCUT2D eigenvalue weighted by molar-refractivity contribution is 0.439. The van der Waals surface area contributed by atoms with E-state index in [0.717, 1.165) is 35.0 Å². The minimum atomic E-state index is 0.585. The minimum absolute atomic E-state index is 0.585. The summed E-state index contributed by atoms with van der Waals surface area (Å²) in [5, 5.41) is 10.4. The van der Waals surface area contributed by atoms with E-state index in [2.05, 4.69) is 20.5 Å². The van der Waals surface area contributed by atoms with Crippen LogP contribution in [-0.4, -0.2) is 15.2 Å². The summed E-state index contributed by atoms with van der Waals surface area (Å²) in [6.07, 6.45) is 4.43. The quantitative estimate of drug-likeness (QED) is 0.728. The summed E-state index contributed by atoms with van der Waals surface area (Å²) in [6.45, 7) is 5.21. The van der Waals surface area contributed by atoms with Gasteiger partial charge in [0.25, 0.3) is 0 Å². The normalized spacial score (nSPS) is 11.1. The first kappa shape index (κ1) is 13.6. The highest BCUT2D eigenvalue weighted by molar-refractivity contribution is 5.56. The third-order valence-corrected chi connectivity index (χ3v) is 3.25. The average Bonchev–Trinajstić information content (AvgIpc) is 3.19. The molecule has 3 aromatic heterocycles. The fourth-order valence-corrected chi connectivity index (χ4v) is 2.12. The van der Waals surface area contributed by atoms with E-state index in [1.165, 1.54) is 0 Å². The second kappa shape index (κ2) is 5.97. The molecule has 3 aromatic rings. The van der Waals surface area contributed by atoms with Crippen LogP contribution in [0.3, 0.4) is 0 Å². The Hall–Kier alpha value is -2.34. The maximum absolute atomic E-state index is 5.62. The Morgan fingerprint density at radius 1 is 1.19 bits per heavy atom. The lowest BCUT2D eigenvalue weighted by atomic mass is 10.2. The monoisotopic (exact) mass is 286 g/mol. The van der Waals surface area contributed by atoms with Gasteiger partial charge in [-0.1, -0.05) is 6.92 Å². The molecule has 6 heteroatoms. The fraction of sp³-hybridized carbons (Fsp3) is 0.333. The largest absolute Gasteiger partial charge is 0.460 e. The molecule has 0 aliphatic heterocycles. The van der Waals surface area contributed by atoms with Gasteiger partial charge in [0.2, 0.25) is 5.89 Å². The Morgan fingerprint density at radius 2 is 2.10 bits per heavy atom. The molecule has 2 N–H and O–H groups in total. The van der Waals surface area contributed by atoms with Crippen LogP contribution in [0.15, 0.2) is 33.4 Å². The number of nitrogens with zero attached hydrogens (tertiary/aromatic N) is 2. The smallest absolute Gasteiger partial charge is 0.208 e. The van der Waals surface area contributed by atoms with Gasteiger partial charge in [-0.3, -0.25) is 5.10 Å². The van der Waals surface area contributed by atoms with Crippen LogP contribution in [0.2, 0.25) is 0 Å². The van der Waals surface area contributed by atoms with Crippen molar-refractivity contribution in [3.63, 3.8) is 0 Å². The minimum Gasteiger partial charge on any atom is -0.460 e. The van der Waals surface area contributed by atoms with Crippen molar-refractivity contribution in [2.45, 2.75) is 33.4 Å². The van der Waals surface area contributed by atoms with E-state index in [1.54, 1.807) is 12.4 Å². The van der Waals surface area contributed by atoms with Crippen molar-refractivity contribution in [1.82, 2.24) is 20.5 Å². The van der Waals surface area contributed by atoms with Gasteiger partial charge < -0.3 is 14.2 Å². The molecule has 3 rings (SSSR count). The Kier molecular flexibility index (Phi) is 3.87. The van der Waals surface area contributed by atoms with Crippen LogP contribution in [0.25, 0.3) is 11.5 Å². The number of H-pyrrole nitrogens is 1. The van der Waals surface area contributed by atoms with Crippen molar-refractivity contribution in [1.29, 1.82) is 0 Å². The molecule has 0 spiro atoms. The van der Waals surface area contributed by atoms with Gasteiger partial charge >= 0.3 is 0 Å². The number of oxazole rings is 1. The van der Waals surface area contributed by atoms with Crippen LogP contribution in [0, 0.1) is 6.92 Å². The van der Waals surface area contributed by atoms with Crippen molar-refractivity contribution < 1.29 is 8.83 Å². The maximum Gasteiger partial charge on any atom is 0.208 e.